The van der Waals surface area contributed by atoms with Crippen molar-refractivity contribution in [2.24, 2.45) is 0 Å². The molecule has 1 heterocycles. The highest BCUT2D eigenvalue weighted by Gasteiger charge is 2.25. The molecule has 0 aromatic heterocycles. The first kappa shape index (κ1) is 19.0. The second-order valence-corrected chi connectivity index (χ2v) is 7.57. The van der Waals surface area contributed by atoms with Crippen molar-refractivity contribution in [3.63, 3.8) is 0 Å². The van der Waals surface area contributed by atoms with Crippen LogP contribution in [0.3, 0.4) is 0 Å². The minimum absolute atomic E-state index is 0.0155. The number of rotatable bonds is 5. The predicted octanol–water partition coefficient (Wildman–Crippen LogP) is 1.36. The van der Waals surface area contributed by atoms with Crippen LogP contribution in [0.15, 0.2) is 24.3 Å². The van der Waals surface area contributed by atoms with E-state index in [1.165, 1.54) is 0 Å². The quantitative estimate of drug-likeness (QED) is 0.845. The zero-order valence-electron chi connectivity index (χ0n) is 14.4. The Balaban J connectivity index is 1.94. The number of sulfonamides is 1. The molecule has 0 aliphatic carbocycles. The molecule has 2 amide bonds. The maximum atomic E-state index is 12.5. The summed E-state index contributed by atoms with van der Waals surface area (Å²) >= 11 is 0. The monoisotopic (exact) mass is 369 g/mol. The predicted molar refractivity (Wildman–Crippen MR) is 94.0 cm³/mol. The van der Waals surface area contributed by atoms with E-state index in [4.69, 9.17) is 4.74 Å². The summed E-state index contributed by atoms with van der Waals surface area (Å²) in [7, 11) is -3.34. The van der Waals surface area contributed by atoms with Gasteiger partial charge in [0.25, 0.3) is 5.91 Å². The summed E-state index contributed by atoms with van der Waals surface area (Å²) in [6.45, 7) is 5.35. The van der Waals surface area contributed by atoms with Crippen molar-refractivity contribution < 1.29 is 22.7 Å². The minimum Gasteiger partial charge on any atom is -0.450 e. The van der Waals surface area contributed by atoms with Gasteiger partial charge in [-0.25, -0.2) is 13.2 Å². The number of hydrogen-bond donors (Lipinski definition) is 1. The molecular weight excluding hydrogens is 346 g/mol. The highest BCUT2D eigenvalue weighted by molar-refractivity contribution is 7.92. The van der Waals surface area contributed by atoms with E-state index in [9.17, 15) is 18.0 Å². The molecule has 1 aromatic rings. The number of carbonyl (C=O) groups is 2. The second-order valence-electron chi connectivity index (χ2n) is 5.56. The van der Waals surface area contributed by atoms with Crippen molar-refractivity contribution in [2.45, 2.75) is 13.8 Å². The van der Waals surface area contributed by atoms with Crippen LogP contribution in [0.1, 0.15) is 24.2 Å². The first-order valence-electron chi connectivity index (χ1n) is 8.17. The number of carbonyl (C=O) groups excluding carboxylic acids is 2. The molecule has 1 saturated heterocycles. The van der Waals surface area contributed by atoms with Gasteiger partial charge < -0.3 is 14.5 Å². The largest absolute Gasteiger partial charge is 0.450 e. The molecule has 1 aromatic carbocycles. The highest BCUT2D eigenvalue weighted by Crippen LogP contribution is 2.14. The fourth-order valence-corrected chi connectivity index (χ4v) is 3.06. The Labute approximate surface area is 147 Å². The number of benzene rings is 1. The molecule has 0 atom stereocenters. The maximum Gasteiger partial charge on any atom is 0.409 e. The summed E-state index contributed by atoms with van der Waals surface area (Å²) in [6, 6.07) is 6.31. The minimum atomic E-state index is -3.34. The van der Waals surface area contributed by atoms with Crippen molar-refractivity contribution in [1.29, 1.82) is 0 Å². The van der Waals surface area contributed by atoms with E-state index in [-0.39, 0.29) is 17.8 Å². The van der Waals surface area contributed by atoms with Crippen LogP contribution in [0, 0.1) is 0 Å². The van der Waals surface area contributed by atoms with Crippen molar-refractivity contribution >= 4 is 27.7 Å². The zero-order valence-corrected chi connectivity index (χ0v) is 15.2. The molecule has 2 rings (SSSR count). The molecular formula is C16H23N3O5S. The normalized spacial score (nSPS) is 15.0. The first-order chi connectivity index (χ1) is 11.9. The number of anilines is 1. The van der Waals surface area contributed by atoms with E-state index in [0.29, 0.717) is 44.0 Å². The molecule has 1 aliphatic rings. The van der Waals surface area contributed by atoms with Gasteiger partial charge in [0.15, 0.2) is 0 Å². The smallest absolute Gasteiger partial charge is 0.409 e. The van der Waals surface area contributed by atoms with Crippen LogP contribution in [0.5, 0.6) is 0 Å². The van der Waals surface area contributed by atoms with Crippen LogP contribution < -0.4 is 4.72 Å². The average molecular weight is 369 g/mol. The third-order valence-electron chi connectivity index (χ3n) is 3.88. The van der Waals surface area contributed by atoms with E-state index in [0.717, 1.165) is 0 Å². The molecule has 0 spiro atoms. The number of nitrogens with zero attached hydrogens (tertiary/aromatic N) is 2. The summed E-state index contributed by atoms with van der Waals surface area (Å²) < 4.78 is 30.5. The van der Waals surface area contributed by atoms with E-state index in [2.05, 4.69) is 4.72 Å². The van der Waals surface area contributed by atoms with Crippen LogP contribution in [-0.4, -0.2) is 68.8 Å². The average Bonchev–Trinajstić information content (AvgIpc) is 2.62. The van der Waals surface area contributed by atoms with Gasteiger partial charge in [-0.3, -0.25) is 9.52 Å². The van der Waals surface area contributed by atoms with Gasteiger partial charge in [-0.05, 0) is 38.1 Å². The summed E-state index contributed by atoms with van der Waals surface area (Å²) in [4.78, 5) is 27.4. The van der Waals surface area contributed by atoms with E-state index in [1.807, 2.05) is 0 Å². The fourth-order valence-electron chi connectivity index (χ4n) is 2.42. The zero-order chi connectivity index (χ0) is 18.4. The molecule has 1 fully saturated rings. The molecule has 8 nitrogen and oxygen atoms in total. The van der Waals surface area contributed by atoms with Crippen molar-refractivity contribution in [3.05, 3.63) is 29.8 Å². The van der Waals surface area contributed by atoms with Crippen LogP contribution in [0.4, 0.5) is 10.5 Å². The van der Waals surface area contributed by atoms with Gasteiger partial charge in [-0.2, -0.15) is 0 Å². The lowest BCUT2D eigenvalue weighted by Crippen LogP contribution is -2.50. The summed E-state index contributed by atoms with van der Waals surface area (Å²) in [5.41, 5.74) is 0.898. The van der Waals surface area contributed by atoms with E-state index >= 15 is 0 Å². The molecule has 138 valence electrons. The third-order valence-corrected chi connectivity index (χ3v) is 5.18. The number of amides is 2. The molecule has 0 unspecified atom stereocenters. The Kier molecular flexibility index (Phi) is 6.24. The Hall–Kier alpha value is -2.29. The van der Waals surface area contributed by atoms with E-state index < -0.39 is 10.0 Å². The lowest BCUT2D eigenvalue weighted by Gasteiger charge is -2.34. The number of hydrogen-bond acceptors (Lipinski definition) is 5. The van der Waals surface area contributed by atoms with Gasteiger partial charge in [-0.1, -0.05) is 0 Å². The summed E-state index contributed by atoms with van der Waals surface area (Å²) in [6.07, 6.45) is -0.359. The highest BCUT2D eigenvalue weighted by atomic mass is 32.2. The van der Waals surface area contributed by atoms with Crippen LogP contribution in [-0.2, 0) is 14.8 Å². The topological polar surface area (TPSA) is 96.0 Å². The summed E-state index contributed by atoms with van der Waals surface area (Å²) in [5, 5.41) is 0. The van der Waals surface area contributed by atoms with Crippen molar-refractivity contribution in [1.82, 2.24) is 9.80 Å². The van der Waals surface area contributed by atoms with Gasteiger partial charge in [0.1, 0.15) is 0 Å². The Bertz CT molecular complexity index is 710. The Morgan fingerprint density at radius 3 is 2.12 bits per heavy atom. The Morgan fingerprint density at radius 2 is 1.60 bits per heavy atom. The van der Waals surface area contributed by atoms with Crippen molar-refractivity contribution in [3.8, 4) is 0 Å². The molecule has 0 saturated carbocycles. The molecule has 0 bridgehead atoms. The molecule has 25 heavy (non-hydrogen) atoms. The first-order valence-corrected chi connectivity index (χ1v) is 9.83. The molecule has 1 aliphatic heterocycles. The Morgan fingerprint density at radius 1 is 1.04 bits per heavy atom. The molecule has 9 heteroatoms. The van der Waals surface area contributed by atoms with Crippen LogP contribution >= 0.6 is 0 Å². The standard InChI is InChI=1S/C16H23N3O5S/c1-3-24-16(21)19-11-9-18(10-12-19)15(20)13-5-7-14(8-6-13)17-25(22,23)4-2/h5-8,17H,3-4,9-12H2,1-2H3. The van der Waals surface area contributed by atoms with Crippen LogP contribution in [0.25, 0.3) is 0 Å². The third kappa shape index (κ3) is 5.09. The molecule has 1 N–H and O–H groups in total. The fraction of sp³-hybridized carbons (Fsp3) is 0.500. The summed E-state index contributed by atoms with van der Waals surface area (Å²) in [5.74, 6) is -0.160. The lowest BCUT2D eigenvalue weighted by molar-refractivity contribution is 0.0570. The second kappa shape index (κ2) is 8.19. The van der Waals surface area contributed by atoms with Gasteiger partial charge in [0.05, 0.1) is 12.4 Å². The van der Waals surface area contributed by atoms with Gasteiger partial charge in [0, 0.05) is 37.4 Å². The van der Waals surface area contributed by atoms with Gasteiger partial charge >= 0.3 is 6.09 Å². The number of nitrogens with one attached hydrogen (secondary N) is 1. The van der Waals surface area contributed by atoms with E-state index in [1.54, 1.807) is 47.9 Å². The number of piperazine rings is 1. The SMILES string of the molecule is CCOC(=O)N1CCN(C(=O)c2ccc(NS(=O)(=O)CC)cc2)CC1. The maximum absolute atomic E-state index is 12.5. The number of ether oxygens (including phenoxy) is 1. The van der Waals surface area contributed by atoms with Gasteiger partial charge in [0.2, 0.25) is 10.0 Å². The van der Waals surface area contributed by atoms with Crippen LogP contribution in [0.2, 0.25) is 0 Å². The van der Waals surface area contributed by atoms with Gasteiger partial charge in [-0.15, -0.1) is 0 Å². The lowest BCUT2D eigenvalue weighted by atomic mass is 10.1. The molecule has 0 radical (unpaired) electrons. The van der Waals surface area contributed by atoms with Crippen molar-refractivity contribution in [2.75, 3.05) is 43.3 Å².